The van der Waals surface area contributed by atoms with Crippen LogP contribution in [0, 0.1) is 98.4 Å². The molecule has 11 unspecified atom stereocenters. The normalized spacial score (nSPS) is 17.8. The van der Waals surface area contributed by atoms with Gasteiger partial charge in [0, 0.05) is 55.4 Å². The number of nitrogens with one attached hydrogen (secondary N) is 6. The summed E-state index contributed by atoms with van der Waals surface area (Å²) in [5.41, 5.74) is 8.73. The fourth-order valence-corrected chi connectivity index (χ4v) is 14.4. The molecule has 0 radical (unpaired) electrons. The van der Waals surface area contributed by atoms with Gasteiger partial charge in [-0.15, -0.1) is 18.5 Å². The third-order valence-corrected chi connectivity index (χ3v) is 19.2. The van der Waals surface area contributed by atoms with Crippen molar-refractivity contribution in [1.82, 2.24) is 36.8 Å². The average molecular weight is 1770 g/mol. The van der Waals surface area contributed by atoms with Gasteiger partial charge >= 0.3 is 85.1 Å². The van der Waals surface area contributed by atoms with Gasteiger partial charge in [-0.25, -0.2) is 4.57 Å². The number of unbranched alkanes of at least 4 members (excludes halogenated alkanes) is 1. The van der Waals surface area contributed by atoms with Crippen LogP contribution in [0.2, 0.25) is 0 Å². The number of nitrogens with zero attached hydrogens (tertiary/aromatic N) is 1. The number of Topliss-reactive ketones (excluding diaryl/α,β-unsaturated/α-hetero) is 1. The number of amides is 7. The van der Waals surface area contributed by atoms with Crippen molar-refractivity contribution in [2.45, 2.75) is 114 Å². The molecule has 0 saturated carbocycles. The summed E-state index contributed by atoms with van der Waals surface area (Å²) in [4.78, 5) is 134. The molecule has 0 spiro atoms. The van der Waals surface area contributed by atoms with Crippen molar-refractivity contribution >= 4 is 81.3 Å². The van der Waals surface area contributed by atoms with E-state index in [1.165, 1.54) is 5.56 Å². The van der Waals surface area contributed by atoms with Crippen molar-refractivity contribution in [2.24, 2.45) is 5.92 Å². The number of carbonyl (C=O) groups is 8. The Morgan fingerprint density at radius 1 is 0.637 bits per heavy atom. The van der Waals surface area contributed by atoms with E-state index in [1.807, 2.05) is 129 Å². The summed E-state index contributed by atoms with van der Waals surface area (Å²) in [6.07, 6.45) is 4.69. The maximum absolute atomic E-state index is 15.0. The van der Waals surface area contributed by atoms with Crippen LogP contribution in [-0.4, -0.2) is 133 Å². The molecule has 7 amide bonds. The van der Waals surface area contributed by atoms with Crippen LogP contribution in [0.1, 0.15) is 115 Å². The predicted molar refractivity (Wildman–Crippen MR) is 391 cm³/mol. The predicted octanol–water partition coefficient (Wildman–Crippen LogP) is 6.32. The molecule has 6 aromatic carbocycles. The number of ketones is 1. The van der Waals surface area contributed by atoms with E-state index in [-0.39, 0.29) is 31.6 Å². The van der Waals surface area contributed by atoms with Gasteiger partial charge in [-0.3, -0.25) is 42.4 Å². The number of aryl methyl sites for hydroxylation is 3. The fourth-order valence-electron chi connectivity index (χ4n) is 12.5. The van der Waals surface area contributed by atoms with E-state index in [0.717, 1.165) is 78.3 Å². The van der Waals surface area contributed by atoms with E-state index in [0.29, 0.717) is 22.3 Å². The van der Waals surface area contributed by atoms with Gasteiger partial charge < -0.3 is 79.1 Å². The second-order valence-corrected chi connectivity index (χ2v) is 26.8. The minimum atomic E-state index is -5.47. The maximum Gasteiger partial charge on any atom is 0.472 e. The Morgan fingerprint density at radius 2 is 1.14 bits per heavy atom. The first-order valence-corrected chi connectivity index (χ1v) is 38.5. The molecule has 11 atom stereocenters. The number of hydrogen-bond acceptors (Lipinski definition) is 15. The van der Waals surface area contributed by atoms with Crippen molar-refractivity contribution in [1.29, 1.82) is -1.31 Å². The zero-order valence-corrected chi connectivity index (χ0v) is 65.8. The summed E-state index contributed by atoms with van der Waals surface area (Å²) in [6.45, 7) is 8.11. The van der Waals surface area contributed by atoms with Crippen molar-refractivity contribution < 1.29 is 154 Å². The summed E-state index contributed by atoms with van der Waals surface area (Å²) in [5.74, 6) is -7.71. The van der Waals surface area contributed by atoms with Crippen LogP contribution in [-0.2, 0) is 101 Å². The number of rotatable bonds is 33. The topological polar surface area (TPSA) is 326 Å². The minimum Gasteiger partial charge on any atom is -0.756 e. The Kier molecular flexibility index (Phi) is 34.9. The maximum atomic E-state index is 15.0. The van der Waals surface area contributed by atoms with Crippen LogP contribution < -0.4 is 36.8 Å². The van der Waals surface area contributed by atoms with Gasteiger partial charge in [-0.05, 0) is 113 Å². The van der Waals surface area contributed by atoms with Gasteiger partial charge in [-0.1, -0.05) is 160 Å². The molecule has 0 saturated heterocycles. The van der Waals surface area contributed by atoms with Crippen molar-refractivity contribution in [3.63, 3.8) is 0 Å². The second kappa shape index (κ2) is 44.0. The Bertz CT molecular complexity index is 3930. The van der Waals surface area contributed by atoms with Gasteiger partial charge in [0.2, 0.25) is 23.6 Å². The number of phosphoric acid groups is 2. The Morgan fingerprint density at radius 3 is 1.71 bits per heavy atom. The van der Waals surface area contributed by atoms with E-state index < -0.39 is 217 Å². The number of carbonyl (C=O) groups excluding carboxylic acids is 8. The molecule has 3 aliphatic carbocycles. The first-order chi connectivity index (χ1) is 51.0. The van der Waals surface area contributed by atoms with Crippen molar-refractivity contribution in [3.05, 3.63) is 227 Å². The van der Waals surface area contributed by atoms with Gasteiger partial charge in [0.05, 0.1) is 56.4 Å². The minimum absolute atomic E-state index is 0.0322. The van der Waals surface area contributed by atoms with Crippen LogP contribution in [0.5, 0.6) is 0 Å². The van der Waals surface area contributed by atoms with Crippen molar-refractivity contribution in [2.75, 3.05) is 52.7 Å². The largest absolute Gasteiger partial charge is 0.756 e. The molecule has 0 heterocycles. The molecular weight excluding hydrogens is 1670 g/mol. The molecule has 9 rings (SSSR count). The second-order valence-electron chi connectivity index (χ2n) is 24.0. The van der Waals surface area contributed by atoms with E-state index in [4.69, 9.17) is 16.8 Å². The molecular formula is C73H94Gd2N7O16P4-3. The summed E-state index contributed by atoms with van der Waals surface area (Å²) in [6, 6.07) is 41.6. The van der Waals surface area contributed by atoms with Crippen molar-refractivity contribution in [3.8, 4) is 0 Å². The van der Waals surface area contributed by atoms with Crippen LogP contribution in [0.15, 0.2) is 152 Å². The number of fused-ring (bicyclic) bond motifs is 3. The van der Waals surface area contributed by atoms with Gasteiger partial charge in [0.15, 0.2) is 5.78 Å². The number of phosphoric ester groups is 2. The third-order valence-electron chi connectivity index (χ3n) is 17.2. The Labute approximate surface area is 663 Å². The molecule has 0 fully saturated rings. The van der Waals surface area contributed by atoms with Crippen LogP contribution in [0.4, 0.5) is 0 Å². The molecule has 0 aromatic heterocycles. The third kappa shape index (κ3) is 26.4. The molecule has 102 heavy (non-hydrogen) atoms. The summed E-state index contributed by atoms with van der Waals surface area (Å²) in [5, 5.41) is 14.0. The summed E-state index contributed by atoms with van der Waals surface area (Å²) >= 11 is -2.17. The SMILES string of the molecule is CP.CP.[2H][Gd][3H].[2H][Gd][3H].[CH2-]C(=O)NCC(=O)NC(COP(=O)([O-])OC1Cc2ccccc2C1N(Cc1ccccc1)C(=O)c1ccc(CCCC)cc1)C(=O)NCCNC(=O)C(COP(=O)(O)OC1Cc2ccccc2C1C(Cc1ccccc1)C(=O)c1ccc2c(c1)CCCC2)NC(=O)CNC([CH2-])=O. The van der Waals surface area contributed by atoms with E-state index in [9.17, 15) is 57.3 Å². The average Bonchev–Trinajstić information content (AvgIpc) is 1.61. The molecule has 29 heteroatoms. The Hall–Kier alpha value is -5.25. The van der Waals surface area contributed by atoms with Gasteiger partial charge in [0.1, 0.15) is 12.1 Å². The first kappa shape index (κ1) is 80.8. The fraction of sp³-hybridized carbons (Fsp3) is 0.370. The molecule has 7 N–H and O–H groups in total. The summed E-state index contributed by atoms with van der Waals surface area (Å²) in [7, 11) is -5.83. The number of hydrogen-bond donors (Lipinski definition) is 7. The van der Waals surface area contributed by atoms with Gasteiger partial charge in [-0.2, -0.15) is 0 Å². The summed E-state index contributed by atoms with van der Waals surface area (Å²) < 4.78 is 75.1. The molecule has 3 aliphatic rings. The molecule has 0 bridgehead atoms. The molecule has 0 aliphatic heterocycles. The van der Waals surface area contributed by atoms with Crippen LogP contribution in [0.3, 0.4) is 0 Å². The van der Waals surface area contributed by atoms with Crippen LogP contribution >= 0.6 is 34.1 Å². The molecule has 6 aromatic rings. The van der Waals surface area contributed by atoms with Gasteiger partial charge in [0.25, 0.3) is 13.7 Å². The van der Waals surface area contributed by atoms with E-state index in [1.54, 1.807) is 41.3 Å². The Balaban J connectivity index is 0.00000192. The molecule has 23 nitrogen and oxygen atoms in total. The first-order valence-electron chi connectivity index (χ1n) is 34.6. The quantitative estimate of drug-likeness (QED) is 0.0103. The monoisotopic (exact) mass is 1770 g/mol. The standard InChI is InChI=1S/C71H81N7O16P2.2CH5P.2Gd.4H/c1-4-5-18-48-29-31-52(32-30-48)71(86)78(43-50-21-10-7-11-22-50)67-58-28-17-15-26-55(58)40-63(67)94-96(89,90)92-45-61(77-65(82)42-75-47(3)80)70(85)73-36-35-72-69(84)60(76-64(81)41-74-46(2)79)44-91-95(87,88)93-62-39-54-25-14-16-27-57(54)66(62)59(37-49-19-8-6-9-20-49)68(83)56-34-33-51-23-12-13-24-53(51)38-56;2*1-2;;;;;;/h6-11,14-17,19-22,25-34,38,59-63,66-67H,2-5,12-13,18,23-24,35-37,39-45H2,1H3,(H,72,84)(H,73,85)(H,74,79)(H,75,80)(H,76,81)(H,77,82)(H,87,88)(H,89,90);2*2H2,1H3;;;;;;/q-2;;;;;;;;/p-1/i;;;;;2*1+2;2*1+1. The zero-order chi connectivity index (χ0) is 77.8. The van der Waals surface area contributed by atoms with Crippen LogP contribution in [0.25, 0.3) is 0 Å². The van der Waals surface area contributed by atoms with E-state index in [2.05, 4.69) is 71.2 Å². The zero-order valence-electron chi connectivity index (χ0n) is 61.2. The number of benzene rings is 6. The van der Waals surface area contributed by atoms with E-state index >= 15 is 0 Å². The molecule has 556 valence electrons. The smallest absolute Gasteiger partial charge is 0.472 e.